The van der Waals surface area contributed by atoms with E-state index in [-0.39, 0.29) is 18.9 Å². The molecule has 0 saturated carbocycles. The summed E-state index contributed by atoms with van der Waals surface area (Å²) in [5, 5.41) is 2.81. The molecule has 0 radical (unpaired) electrons. The number of carbonyl (C=O) groups excluding carboxylic acids is 1. The topological polar surface area (TPSA) is 64.3 Å². The van der Waals surface area contributed by atoms with E-state index >= 15 is 0 Å². The van der Waals surface area contributed by atoms with E-state index in [0.29, 0.717) is 11.4 Å². The number of halogens is 1. The Kier molecular flexibility index (Phi) is 5.01. The molecule has 2 aromatic carbocycles. The van der Waals surface area contributed by atoms with Crippen molar-refractivity contribution in [2.75, 3.05) is 17.7 Å². The van der Waals surface area contributed by atoms with Gasteiger partial charge in [0.2, 0.25) is 5.91 Å². The Hall–Kier alpha value is -2.01. The summed E-state index contributed by atoms with van der Waals surface area (Å²) in [7, 11) is 0. The number of carbonyl (C=O) groups is 1. The van der Waals surface area contributed by atoms with E-state index in [1.807, 2.05) is 36.4 Å². The summed E-state index contributed by atoms with van der Waals surface area (Å²) in [6, 6.07) is 14.7. The van der Waals surface area contributed by atoms with Crippen LogP contribution < -0.4 is 15.8 Å². The van der Waals surface area contributed by atoms with Gasteiger partial charge < -0.3 is 15.8 Å². The highest BCUT2D eigenvalue weighted by Crippen LogP contribution is 2.22. The first-order valence-corrected chi connectivity index (χ1v) is 6.98. The van der Waals surface area contributed by atoms with Crippen molar-refractivity contribution in [2.45, 2.75) is 6.42 Å². The number of benzene rings is 2. The van der Waals surface area contributed by atoms with Crippen LogP contribution in [-0.4, -0.2) is 12.5 Å². The third-order valence-corrected chi connectivity index (χ3v) is 3.35. The summed E-state index contributed by atoms with van der Waals surface area (Å²) in [6.45, 7) is 0.282. The summed E-state index contributed by atoms with van der Waals surface area (Å²) < 4.78 is 6.33. The van der Waals surface area contributed by atoms with Gasteiger partial charge in [-0.2, -0.15) is 0 Å². The van der Waals surface area contributed by atoms with Crippen LogP contribution in [0.25, 0.3) is 0 Å². The quantitative estimate of drug-likeness (QED) is 0.823. The first-order chi connectivity index (χ1) is 9.66. The van der Waals surface area contributed by atoms with Gasteiger partial charge in [0.1, 0.15) is 5.75 Å². The second-order valence-electron chi connectivity index (χ2n) is 4.16. The van der Waals surface area contributed by atoms with Crippen LogP contribution in [-0.2, 0) is 4.79 Å². The molecule has 0 heterocycles. The molecule has 0 aliphatic carbocycles. The predicted molar refractivity (Wildman–Crippen MR) is 83.7 cm³/mol. The number of ether oxygens (including phenoxy) is 1. The maximum Gasteiger partial charge on any atom is 0.227 e. The fourth-order valence-electron chi connectivity index (χ4n) is 1.64. The molecule has 0 aromatic heterocycles. The second-order valence-corrected chi connectivity index (χ2v) is 5.02. The molecule has 4 nitrogen and oxygen atoms in total. The fourth-order valence-corrected chi connectivity index (χ4v) is 2.02. The van der Waals surface area contributed by atoms with E-state index in [2.05, 4.69) is 21.2 Å². The first-order valence-electron chi connectivity index (χ1n) is 6.18. The van der Waals surface area contributed by atoms with Gasteiger partial charge in [-0.15, -0.1) is 0 Å². The number of nitrogen functional groups attached to an aromatic ring is 1. The predicted octanol–water partition coefficient (Wildman–Crippen LogP) is 3.44. The van der Waals surface area contributed by atoms with Crippen molar-refractivity contribution in [3.63, 3.8) is 0 Å². The average molecular weight is 335 g/mol. The van der Waals surface area contributed by atoms with Crippen LogP contribution in [0.1, 0.15) is 6.42 Å². The van der Waals surface area contributed by atoms with Crippen LogP contribution in [0.5, 0.6) is 5.75 Å². The van der Waals surface area contributed by atoms with Crippen LogP contribution >= 0.6 is 15.9 Å². The number of amides is 1. The zero-order valence-corrected chi connectivity index (χ0v) is 12.4. The van der Waals surface area contributed by atoms with Gasteiger partial charge in [-0.25, -0.2) is 0 Å². The maximum atomic E-state index is 11.8. The number of rotatable bonds is 5. The van der Waals surface area contributed by atoms with Crippen LogP contribution in [0.2, 0.25) is 0 Å². The molecule has 0 bridgehead atoms. The molecular weight excluding hydrogens is 320 g/mol. The molecule has 0 atom stereocenters. The molecule has 0 aliphatic heterocycles. The van der Waals surface area contributed by atoms with E-state index < -0.39 is 0 Å². The minimum Gasteiger partial charge on any atom is -0.491 e. The maximum absolute atomic E-state index is 11.8. The lowest BCUT2D eigenvalue weighted by Gasteiger charge is -2.09. The van der Waals surface area contributed by atoms with E-state index in [9.17, 15) is 4.79 Å². The van der Waals surface area contributed by atoms with Gasteiger partial charge in [-0.1, -0.05) is 24.3 Å². The third-order valence-electron chi connectivity index (χ3n) is 2.65. The van der Waals surface area contributed by atoms with E-state index in [4.69, 9.17) is 10.5 Å². The lowest BCUT2D eigenvalue weighted by Crippen LogP contribution is -2.15. The van der Waals surface area contributed by atoms with E-state index in [1.54, 1.807) is 12.1 Å². The number of anilines is 2. The Morgan fingerprint density at radius 3 is 2.60 bits per heavy atom. The number of hydrogen-bond donors (Lipinski definition) is 2. The minimum absolute atomic E-state index is 0.105. The van der Waals surface area contributed by atoms with Crippen molar-refractivity contribution in [2.24, 2.45) is 0 Å². The largest absolute Gasteiger partial charge is 0.491 e. The molecule has 5 heteroatoms. The van der Waals surface area contributed by atoms with Crippen molar-refractivity contribution < 1.29 is 9.53 Å². The molecule has 0 spiro atoms. The van der Waals surface area contributed by atoms with E-state index in [0.717, 1.165) is 10.2 Å². The Labute approximate surface area is 126 Å². The lowest BCUT2D eigenvalue weighted by atomic mass is 10.3. The summed E-state index contributed by atoms with van der Waals surface area (Å²) in [5.74, 6) is 0.493. The van der Waals surface area contributed by atoms with Crippen molar-refractivity contribution >= 4 is 33.2 Å². The SMILES string of the molecule is Nc1ccccc1OCCC(=O)Nc1ccccc1Br. The third kappa shape index (κ3) is 3.99. The molecule has 2 rings (SSSR count). The average Bonchev–Trinajstić information content (AvgIpc) is 2.43. The second kappa shape index (κ2) is 6.96. The summed E-state index contributed by atoms with van der Waals surface area (Å²) >= 11 is 3.38. The molecular formula is C15H15BrN2O2. The smallest absolute Gasteiger partial charge is 0.227 e. The zero-order valence-electron chi connectivity index (χ0n) is 10.8. The van der Waals surface area contributed by atoms with Crippen molar-refractivity contribution in [1.82, 2.24) is 0 Å². The highest BCUT2D eigenvalue weighted by Gasteiger charge is 2.06. The van der Waals surface area contributed by atoms with Gasteiger partial charge in [0, 0.05) is 4.47 Å². The molecule has 0 saturated heterocycles. The fraction of sp³-hybridized carbons (Fsp3) is 0.133. The normalized spacial score (nSPS) is 10.1. The van der Waals surface area contributed by atoms with Gasteiger partial charge in [-0.05, 0) is 40.2 Å². The summed E-state index contributed by atoms with van der Waals surface area (Å²) in [5.41, 5.74) is 7.06. The van der Waals surface area contributed by atoms with Gasteiger partial charge in [0.05, 0.1) is 24.4 Å². The van der Waals surface area contributed by atoms with Gasteiger partial charge >= 0.3 is 0 Å². The molecule has 1 amide bonds. The van der Waals surface area contributed by atoms with Crippen LogP contribution in [0.3, 0.4) is 0 Å². The number of nitrogens with two attached hydrogens (primary N) is 1. The Morgan fingerprint density at radius 1 is 1.15 bits per heavy atom. The van der Waals surface area contributed by atoms with Gasteiger partial charge in [0.25, 0.3) is 0 Å². The Morgan fingerprint density at radius 2 is 1.85 bits per heavy atom. The standard InChI is InChI=1S/C15H15BrN2O2/c16-11-5-1-3-7-13(11)18-15(19)9-10-20-14-8-4-2-6-12(14)17/h1-8H,9-10,17H2,(H,18,19). The van der Waals surface area contributed by atoms with Gasteiger partial charge in [-0.3, -0.25) is 4.79 Å². The zero-order chi connectivity index (χ0) is 14.4. The van der Waals surface area contributed by atoms with Crippen molar-refractivity contribution in [3.8, 4) is 5.75 Å². The number of hydrogen-bond acceptors (Lipinski definition) is 3. The molecule has 20 heavy (non-hydrogen) atoms. The van der Waals surface area contributed by atoms with E-state index in [1.165, 1.54) is 0 Å². The number of nitrogens with one attached hydrogen (secondary N) is 1. The van der Waals surface area contributed by atoms with Crippen molar-refractivity contribution in [1.29, 1.82) is 0 Å². The summed E-state index contributed by atoms with van der Waals surface area (Å²) in [4.78, 5) is 11.8. The van der Waals surface area contributed by atoms with Crippen LogP contribution in [0.4, 0.5) is 11.4 Å². The summed E-state index contributed by atoms with van der Waals surface area (Å²) in [6.07, 6.45) is 0.260. The van der Waals surface area contributed by atoms with Gasteiger partial charge in [0.15, 0.2) is 0 Å². The molecule has 0 fully saturated rings. The monoisotopic (exact) mass is 334 g/mol. The first kappa shape index (κ1) is 14.4. The molecule has 0 aliphatic rings. The van der Waals surface area contributed by atoms with Crippen molar-refractivity contribution in [3.05, 3.63) is 53.0 Å². The van der Waals surface area contributed by atoms with Crippen LogP contribution in [0.15, 0.2) is 53.0 Å². The Bertz CT molecular complexity index is 602. The Balaban J connectivity index is 1.82. The highest BCUT2D eigenvalue weighted by molar-refractivity contribution is 9.10. The molecule has 104 valence electrons. The lowest BCUT2D eigenvalue weighted by molar-refractivity contribution is -0.116. The minimum atomic E-state index is -0.105. The molecule has 2 aromatic rings. The number of para-hydroxylation sites is 3. The molecule has 0 unspecified atom stereocenters. The highest BCUT2D eigenvalue weighted by atomic mass is 79.9. The molecule has 3 N–H and O–H groups in total. The van der Waals surface area contributed by atoms with Crippen LogP contribution in [0, 0.1) is 0 Å².